The SMILES string of the molecule is Cn1cnc2ncn(Cc3nc([C@H]4[C@@H]5Oc6c(Cl)cccc6[C@@H]54)no3)c(=O)c21. The van der Waals surface area contributed by atoms with Crippen LogP contribution in [0.4, 0.5) is 0 Å². The lowest BCUT2D eigenvalue weighted by Crippen LogP contribution is -2.22. The number of ether oxygens (including phenoxy) is 1. The number of aryl methyl sites for hydroxylation is 1. The van der Waals surface area contributed by atoms with Crippen LogP contribution in [0.15, 0.2) is 40.2 Å². The molecule has 1 fully saturated rings. The normalized spacial score (nSPS) is 22.1. The molecule has 1 aliphatic carbocycles. The fraction of sp³-hybridized carbons (Fsp3) is 0.278. The Morgan fingerprint density at radius 1 is 1.21 bits per heavy atom. The Morgan fingerprint density at radius 2 is 2.07 bits per heavy atom. The summed E-state index contributed by atoms with van der Waals surface area (Å²) in [6.45, 7) is 0.144. The molecule has 0 amide bonds. The highest BCUT2D eigenvalue weighted by Crippen LogP contribution is 2.63. The third kappa shape index (κ3) is 2.10. The minimum atomic E-state index is -0.208. The van der Waals surface area contributed by atoms with E-state index in [4.69, 9.17) is 20.9 Å². The van der Waals surface area contributed by atoms with Gasteiger partial charge in [0, 0.05) is 18.5 Å². The lowest BCUT2D eigenvalue weighted by Gasteiger charge is -2.07. The summed E-state index contributed by atoms with van der Waals surface area (Å²) in [5, 5.41) is 4.72. The maximum absolute atomic E-state index is 12.6. The van der Waals surface area contributed by atoms with Crippen molar-refractivity contribution in [1.29, 1.82) is 0 Å². The van der Waals surface area contributed by atoms with Gasteiger partial charge >= 0.3 is 0 Å². The molecule has 0 saturated heterocycles. The Kier molecular flexibility index (Phi) is 3.06. The highest BCUT2D eigenvalue weighted by molar-refractivity contribution is 6.32. The molecular formula is C18H13ClN6O3. The van der Waals surface area contributed by atoms with Gasteiger partial charge in [-0.25, -0.2) is 9.97 Å². The van der Waals surface area contributed by atoms with Gasteiger partial charge in [0.05, 0.1) is 17.3 Å². The third-order valence-electron chi connectivity index (χ3n) is 5.35. The molecule has 28 heavy (non-hydrogen) atoms. The van der Waals surface area contributed by atoms with E-state index < -0.39 is 0 Å². The molecule has 0 bridgehead atoms. The Morgan fingerprint density at radius 3 is 2.96 bits per heavy atom. The quantitative estimate of drug-likeness (QED) is 0.521. The van der Waals surface area contributed by atoms with Gasteiger partial charge in [0.15, 0.2) is 17.0 Å². The molecule has 0 unspecified atom stereocenters. The Labute approximate surface area is 162 Å². The lowest BCUT2D eigenvalue weighted by molar-refractivity contribution is 0.306. The van der Waals surface area contributed by atoms with Crippen LogP contribution in [0.5, 0.6) is 5.75 Å². The number of para-hydroxylation sites is 1. The number of imidazole rings is 1. The maximum atomic E-state index is 12.6. The molecule has 2 aliphatic rings. The number of benzene rings is 1. The number of hydrogen-bond donors (Lipinski definition) is 0. The fourth-order valence-corrected chi connectivity index (χ4v) is 4.18. The molecule has 1 aromatic carbocycles. The fourth-order valence-electron chi connectivity index (χ4n) is 3.95. The smallest absolute Gasteiger partial charge is 0.280 e. The molecule has 9 nitrogen and oxygen atoms in total. The first-order valence-electron chi connectivity index (χ1n) is 8.76. The van der Waals surface area contributed by atoms with Crippen molar-refractivity contribution in [3.8, 4) is 5.75 Å². The van der Waals surface area contributed by atoms with E-state index in [0.29, 0.717) is 27.9 Å². The lowest BCUT2D eigenvalue weighted by atomic mass is 10.1. The molecule has 4 heterocycles. The molecule has 0 spiro atoms. The zero-order valence-electron chi connectivity index (χ0n) is 14.6. The van der Waals surface area contributed by atoms with Crippen LogP contribution >= 0.6 is 11.6 Å². The van der Waals surface area contributed by atoms with Crippen LogP contribution < -0.4 is 10.3 Å². The largest absolute Gasteiger partial charge is 0.487 e. The van der Waals surface area contributed by atoms with E-state index in [9.17, 15) is 4.79 Å². The van der Waals surface area contributed by atoms with E-state index in [0.717, 1.165) is 11.3 Å². The first-order chi connectivity index (χ1) is 13.6. The average Bonchev–Trinajstić information content (AvgIpc) is 3.04. The van der Waals surface area contributed by atoms with Gasteiger partial charge in [0.1, 0.15) is 24.7 Å². The first kappa shape index (κ1) is 15.8. The van der Waals surface area contributed by atoms with Crippen molar-refractivity contribution in [1.82, 2.24) is 29.2 Å². The van der Waals surface area contributed by atoms with Crippen molar-refractivity contribution in [2.24, 2.45) is 7.05 Å². The van der Waals surface area contributed by atoms with E-state index in [-0.39, 0.29) is 30.0 Å². The van der Waals surface area contributed by atoms with Crippen molar-refractivity contribution in [2.75, 3.05) is 0 Å². The van der Waals surface area contributed by atoms with Crippen molar-refractivity contribution >= 4 is 22.8 Å². The summed E-state index contributed by atoms with van der Waals surface area (Å²) in [7, 11) is 1.75. The molecule has 140 valence electrons. The molecule has 3 aromatic heterocycles. The van der Waals surface area contributed by atoms with Gasteiger partial charge in [-0.15, -0.1) is 0 Å². The summed E-state index contributed by atoms with van der Waals surface area (Å²) in [4.78, 5) is 25.4. The van der Waals surface area contributed by atoms with E-state index in [2.05, 4.69) is 20.1 Å². The molecule has 0 radical (unpaired) electrons. The number of halogens is 1. The minimum absolute atomic E-state index is 0.0180. The monoisotopic (exact) mass is 396 g/mol. The van der Waals surface area contributed by atoms with Crippen LogP contribution in [0.25, 0.3) is 11.2 Å². The van der Waals surface area contributed by atoms with Crippen LogP contribution in [0.2, 0.25) is 5.02 Å². The second-order valence-corrected chi connectivity index (χ2v) is 7.45. The van der Waals surface area contributed by atoms with Gasteiger partial charge in [-0.1, -0.05) is 28.9 Å². The second kappa shape index (κ2) is 5.41. The number of fused-ring (bicyclic) bond motifs is 4. The minimum Gasteiger partial charge on any atom is -0.487 e. The van der Waals surface area contributed by atoms with Gasteiger partial charge in [-0.2, -0.15) is 4.98 Å². The third-order valence-corrected chi connectivity index (χ3v) is 5.65. The number of hydrogen-bond acceptors (Lipinski definition) is 7. The summed E-state index contributed by atoms with van der Waals surface area (Å²) < 4.78 is 14.4. The Hall–Kier alpha value is -3.20. The molecule has 1 aliphatic heterocycles. The molecular weight excluding hydrogens is 384 g/mol. The Balaban J connectivity index is 1.28. The zero-order chi connectivity index (χ0) is 19.0. The van der Waals surface area contributed by atoms with Gasteiger partial charge in [0.25, 0.3) is 5.56 Å². The van der Waals surface area contributed by atoms with Crippen molar-refractivity contribution in [3.05, 3.63) is 63.5 Å². The molecule has 3 atom stereocenters. The van der Waals surface area contributed by atoms with Gasteiger partial charge < -0.3 is 13.8 Å². The van der Waals surface area contributed by atoms with Crippen molar-refractivity contribution in [2.45, 2.75) is 24.5 Å². The average molecular weight is 397 g/mol. The highest BCUT2D eigenvalue weighted by atomic mass is 35.5. The van der Waals surface area contributed by atoms with Crippen LogP contribution in [-0.4, -0.2) is 35.3 Å². The van der Waals surface area contributed by atoms with E-state index >= 15 is 0 Å². The van der Waals surface area contributed by atoms with E-state index in [1.54, 1.807) is 17.9 Å². The molecule has 10 heteroatoms. The molecule has 0 N–H and O–H groups in total. The maximum Gasteiger partial charge on any atom is 0.280 e. The van der Waals surface area contributed by atoms with Gasteiger partial charge in [0.2, 0.25) is 5.89 Å². The summed E-state index contributed by atoms with van der Waals surface area (Å²) in [6, 6.07) is 5.75. The standard InChI is InChI=1S/C18H13ClN6O3/c1-24-6-20-17-13(24)18(26)25(7-21-17)5-10-22-16(23-28-10)12-11-8-3-2-4-9(19)14(8)27-15(11)12/h2-4,6-7,11-12,15H,5H2,1H3/t11-,12-,15-/m1/s1. The van der Waals surface area contributed by atoms with Gasteiger partial charge in [-0.3, -0.25) is 9.36 Å². The predicted molar refractivity (Wildman–Crippen MR) is 97.5 cm³/mol. The van der Waals surface area contributed by atoms with Crippen molar-refractivity contribution < 1.29 is 9.26 Å². The molecule has 1 saturated carbocycles. The van der Waals surface area contributed by atoms with E-state index in [1.165, 1.54) is 10.9 Å². The summed E-state index contributed by atoms with van der Waals surface area (Å²) in [5.74, 6) is 1.91. The van der Waals surface area contributed by atoms with Crippen LogP contribution in [0.3, 0.4) is 0 Å². The number of aromatic nitrogens is 6. The topological polar surface area (TPSA) is 101 Å². The van der Waals surface area contributed by atoms with Crippen LogP contribution in [0, 0.1) is 0 Å². The number of nitrogens with zero attached hydrogens (tertiary/aromatic N) is 6. The first-order valence-corrected chi connectivity index (χ1v) is 9.13. The second-order valence-electron chi connectivity index (χ2n) is 7.04. The van der Waals surface area contributed by atoms with Crippen LogP contribution in [-0.2, 0) is 13.6 Å². The summed E-state index contributed by atoms with van der Waals surface area (Å²) in [5.41, 5.74) is 1.71. The zero-order valence-corrected chi connectivity index (χ0v) is 15.4. The van der Waals surface area contributed by atoms with Gasteiger partial charge in [-0.05, 0) is 6.07 Å². The summed E-state index contributed by atoms with van der Waals surface area (Å²) >= 11 is 6.18. The molecule has 4 aromatic rings. The molecule has 6 rings (SSSR count). The van der Waals surface area contributed by atoms with Crippen molar-refractivity contribution in [3.63, 3.8) is 0 Å². The van der Waals surface area contributed by atoms with Crippen LogP contribution in [0.1, 0.15) is 29.1 Å². The number of rotatable bonds is 3. The van der Waals surface area contributed by atoms with E-state index in [1.807, 2.05) is 18.2 Å². The summed E-state index contributed by atoms with van der Waals surface area (Å²) in [6.07, 6.45) is 2.98. The predicted octanol–water partition coefficient (Wildman–Crippen LogP) is 1.86. The Bertz CT molecular complexity index is 1310. The highest BCUT2D eigenvalue weighted by Gasteiger charge is 2.62.